The Balaban J connectivity index is 3.40. The molecule has 2 heteroatoms. The molecule has 0 aliphatic heterocycles. The molecule has 0 unspecified atom stereocenters. The number of benzene rings is 1. The van der Waals surface area contributed by atoms with Gasteiger partial charge in [0.05, 0.1) is 12.7 Å². The zero-order valence-corrected chi connectivity index (χ0v) is 9.13. The SMILES string of the molecule is COc1c(C)ccc(C(C)C)c1C=O. The number of carbonyl (C=O) groups excluding carboxylic acids is 1. The lowest BCUT2D eigenvalue weighted by Crippen LogP contribution is -2.00. The van der Waals surface area contributed by atoms with Crippen molar-refractivity contribution in [1.29, 1.82) is 0 Å². The van der Waals surface area contributed by atoms with Gasteiger partial charge < -0.3 is 4.74 Å². The van der Waals surface area contributed by atoms with E-state index in [0.717, 1.165) is 17.4 Å². The molecule has 76 valence electrons. The Morgan fingerprint density at radius 3 is 2.43 bits per heavy atom. The van der Waals surface area contributed by atoms with Crippen LogP contribution in [0.25, 0.3) is 0 Å². The van der Waals surface area contributed by atoms with E-state index in [2.05, 4.69) is 13.8 Å². The molecule has 0 aromatic heterocycles. The summed E-state index contributed by atoms with van der Waals surface area (Å²) in [5, 5.41) is 0. The molecule has 0 saturated heterocycles. The number of aryl methyl sites for hydroxylation is 1. The normalized spacial score (nSPS) is 10.4. The quantitative estimate of drug-likeness (QED) is 0.688. The maximum Gasteiger partial charge on any atom is 0.154 e. The van der Waals surface area contributed by atoms with Crippen molar-refractivity contribution >= 4 is 6.29 Å². The molecular formula is C12H16O2. The summed E-state index contributed by atoms with van der Waals surface area (Å²) in [4.78, 5) is 11.0. The van der Waals surface area contributed by atoms with Crippen LogP contribution in [0.1, 0.15) is 41.3 Å². The van der Waals surface area contributed by atoms with Gasteiger partial charge in [0.1, 0.15) is 5.75 Å². The van der Waals surface area contributed by atoms with Crippen molar-refractivity contribution in [2.45, 2.75) is 26.7 Å². The van der Waals surface area contributed by atoms with E-state index >= 15 is 0 Å². The number of hydrogen-bond acceptors (Lipinski definition) is 2. The lowest BCUT2D eigenvalue weighted by molar-refractivity contribution is 0.111. The predicted octanol–water partition coefficient (Wildman–Crippen LogP) is 2.94. The van der Waals surface area contributed by atoms with Crippen LogP contribution >= 0.6 is 0 Å². The van der Waals surface area contributed by atoms with Gasteiger partial charge in [0.2, 0.25) is 0 Å². The summed E-state index contributed by atoms with van der Waals surface area (Å²) in [6.45, 7) is 6.07. The molecule has 0 heterocycles. The van der Waals surface area contributed by atoms with Gasteiger partial charge in [0.15, 0.2) is 6.29 Å². The van der Waals surface area contributed by atoms with Crippen LogP contribution in [0.3, 0.4) is 0 Å². The van der Waals surface area contributed by atoms with Crippen molar-refractivity contribution in [1.82, 2.24) is 0 Å². The molecule has 0 amide bonds. The highest BCUT2D eigenvalue weighted by Crippen LogP contribution is 2.29. The molecule has 0 fully saturated rings. The summed E-state index contributed by atoms with van der Waals surface area (Å²) >= 11 is 0. The van der Waals surface area contributed by atoms with Crippen LogP contribution in [0.2, 0.25) is 0 Å². The molecule has 0 saturated carbocycles. The summed E-state index contributed by atoms with van der Waals surface area (Å²) in [5.41, 5.74) is 2.73. The first-order chi connectivity index (χ1) is 6.61. The number of ether oxygens (including phenoxy) is 1. The molecule has 1 rings (SSSR count). The molecule has 0 aliphatic carbocycles. The lowest BCUT2D eigenvalue weighted by Gasteiger charge is -2.14. The van der Waals surface area contributed by atoms with Gasteiger partial charge in [0.25, 0.3) is 0 Å². The van der Waals surface area contributed by atoms with E-state index < -0.39 is 0 Å². The first kappa shape index (κ1) is 10.8. The molecule has 14 heavy (non-hydrogen) atoms. The maximum atomic E-state index is 11.0. The molecule has 1 aromatic carbocycles. The number of carbonyl (C=O) groups is 1. The highest BCUT2D eigenvalue weighted by molar-refractivity contribution is 5.83. The van der Waals surface area contributed by atoms with Crippen molar-refractivity contribution in [3.63, 3.8) is 0 Å². The minimum Gasteiger partial charge on any atom is -0.496 e. The van der Waals surface area contributed by atoms with Gasteiger partial charge >= 0.3 is 0 Å². The van der Waals surface area contributed by atoms with E-state index in [1.807, 2.05) is 19.1 Å². The molecule has 0 bridgehead atoms. The Kier molecular flexibility index (Phi) is 3.28. The standard InChI is InChI=1S/C12H16O2/c1-8(2)10-6-5-9(3)12(14-4)11(10)7-13/h5-8H,1-4H3. The summed E-state index contributed by atoms with van der Waals surface area (Å²) in [6.07, 6.45) is 0.876. The molecule has 0 N–H and O–H groups in total. The average molecular weight is 192 g/mol. The van der Waals surface area contributed by atoms with Crippen LogP contribution in [0.5, 0.6) is 5.75 Å². The Bertz CT molecular complexity index is 340. The minimum atomic E-state index is 0.338. The van der Waals surface area contributed by atoms with Crippen LogP contribution in [-0.4, -0.2) is 13.4 Å². The average Bonchev–Trinajstić information content (AvgIpc) is 2.16. The third-order valence-corrected chi connectivity index (χ3v) is 2.37. The molecule has 0 atom stereocenters. The number of methoxy groups -OCH3 is 1. The summed E-state index contributed by atoms with van der Waals surface area (Å²) in [7, 11) is 1.60. The van der Waals surface area contributed by atoms with Crippen LogP contribution in [0, 0.1) is 6.92 Å². The van der Waals surface area contributed by atoms with Crippen LogP contribution in [0.15, 0.2) is 12.1 Å². The molecule has 0 radical (unpaired) electrons. The zero-order valence-electron chi connectivity index (χ0n) is 9.13. The second-order valence-electron chi connectivity index (χ2n) is 3.69. The van der Waals surface area contributed by atoms with E-state index in [-0.39, 0.29) is 0 Å². The van der Waals surface area contributed by atoms with Crippen LogP contribution < -0.4 is 4.74 Å². The van der Waals surface area contributed by atoms with E-state index in [9.17, 15) is 4.79 Å². The first-order valence-corrected chi connectivity index (χ1v) is 4.74. The van der Waals surface area contributed by atoms with Gasteiger partial charge in [-0.05, 0) is 24.0 Å². The summed E-state index contributed by atoms with van der Waals surface area (Å²) in [6, 6.07) is 3.98. The zero-order chi connectivity index (χ0) is 10.7. The van der Waals surface area contributed by atoms with Gasteiger partial charge in [0, 0.05) is 0 Å². The van der Waals surface area contributed by atoms with Crippen molar-refractivity contribution in [3.8, 4) is 5.75 Å². The van der Waals surface area contributed by atoms with Gasteiger partial charge in [-0.1, -0.05) is 26.0 Å². The smallest absolute Gasteiger partial charge is 0.154 e. The van der Waals surface area contributed by atoms with Gasteiger partial charge in [-0.25, -0.2) is 0 Å². The highest BCUT2D eigenvalue weighted by atomic mass is 16.5. The van der Waals surface area contributed by atoms with Crippen molar-refractivity contribution in [2.75, 3.05) is 7.11 Å². The van der Waals surface area contributed by atoms with E-state index in [1.54, 1.807) is 7.11 Å². The monoisotopic (exact) mass is 192 g/mol. The number of rotatable bonds is 3. The van der Waals surface area contributed by atoms with E-state index in [0.29, 0.717) is 17.2 Å². The third-order valence-electron chi connectivity index (χ3n) is 2.37. The van der Waals surface area contributed by atoms with Gasteiger partial charge in [-0.15, -0.1) is 0 Å². The highest BCUT2D eigenvalue weighted by Gasteiger charge is 2.13. The van der Waals surface area contributed by atoms with Gasteiger partial charge in [-0.3, -0.25) is 4.79 Å². The fourth-order valence-corrected chi connectivity index (χ4v) is 1.62. The number of hydrogen-bond donors (Lipinski definition) is 0. The number of aldehydes is 1. The Hall–Kier alpha value is -1.31. The lowest BCUT2D eigenvalue weighted by atomic mass is 9.95. The summed E-state index contributed by atoms with van der Waals surface area (Å²) < 4.78 is 5.23. The maximum absolute atomic E-state index is 11.0. The molecule has 0 aliphatic rings. The topological polar surface area (TPSA) is 26.3 Å². The predicted molar refractivity (Wildman–Crippen MR) is 57.2 cm³/mol. The Morgan fingerprint density at radius 2 is 2.00 bits per heavy atom. The fraction of sp³-hybridized carbons (Fsp3) is 0.417. The Morgan fingerprint density at radius 1 is 1.36 bits per heavy atom. The second kappa shape index (κ2) is 4.27. The molecular weight excluding hydrogens is 176 g/mol. The van der Waals surface area contributed by atoms with Crippen molar-refractivity contribution in [3.05, 3.63) is 28.8 Å². The van der Waals surface area contributed by atoms with Crippen molar-refractivity contribution < 1.29 is 9.53 Å². The molecule has 0 spiro atoms. The van der Waals surface area contributed by atoms with Crippen LogP contribution in [0.4, 0.5) is 0 Å². The largest absolute Gasteiger partial charge is 0.496 e. The van der Waals surface area contributed by atoms with E-state index in [1.165, 1.54) is 0 Å². The summed E-state index contributed by atoms with van der Waals surface area (Å²) in [5.74, 6) is 1.04. The van der Waals surface area contributed by atoms with Crippen LogP contribution in [-0.2, 0) is 0 Å². The van der Waals surface area contributed by atoms with E-state index in [4.69, 9.17) is 4.74 Å². The third kappa shape index (κ3) is 1.79. The minimum absolute atomic E-state index is 0.338. The van der Waals surface area contributed by atoms with Gasteiger partial charge in [-0.2, -0.15) is 0 Å². The fourth-order valence-electron chi connectivity index (χ4n) is 1.62. The Labute approximate surface area is 84.9 Å². The van der Waals surface area contributed by atoms with Crippen molar-refractivity contribution in [2.24, 2.45) is 0 Å². The first-order valence-electron chi connectivity index (χ1n) is 4.74. The molecule has 2 nitrogen and oxygen atoms in total. The molecule has 1 aromatic rings. The second-order valence-corrected chi connectivity index (χ2v) is 3.69.